The molecule has 1 aromatic heterocycles. The number of rotatable bonds is 7. The van der Waals surface area contributed by atoms with Gasteiger partial charge in [-0.05, 0) is 48.5 Å². The second kappa shape index (κ2) is 12.4. The molecule has 5 aromatic rings. The molecule has 0 aliphatic heterocycles. The lowest BCUT2D eigenvalue weighted by atomic mass is 10.0. The largest absolute Gasteiger partial charge is 0.496 e. The zero-order valence-electron chi connectivity index (χ0n) is 21.2. The number of nitrogens with zero attached hydrogens (tertiary/aromatic N) is 1. The van der Waals surface area contributed by atoms with Crippen molar-refractivity contribution in [1.82, 2.24) is 10.4 Å². The maximum atomic E-state index is 13.4. The van der Waals surface area contributed by atoms with Gasteiger partial charge in [0.05, 0.1) is 23.9 Å². The Morgan fingerprint density at radius 1 is 0.927 bits per heavy atom. The lowest BCUT2D eigenvalue weighted by Gasteiger charge is -2.10. The molecule has 0 saturated heterocycles. The highest BCUT2D eigenvalue weighted by atomic mass is 79.9. The summed E-state index contributed by atoms with van der Waals surface area (Å²) in [5.74, 6) is -0.661. The van der Waals surface area contributed by atoms with Gasteiger partial charge in [0.2, 0.25) is 0 Å². The van der Waals surface area contributed by atoms with Crippen LogP contribution in [0.5, 0.6) is 11.5 Å². The molecule has 206 valence electrons. The highest BCUT2D eigenvalue weighted by molar-refractivity contribution is 9.10. The number of hydrazone groups is 1. The number of aromatic nitrogens is 1. The first-order valence-electron chi connectivity index (χ1n) is 12.0. The minimum absolute atomic E-state index is 0.163. The summed E-state index contributed by atoms with van der Waals surface area (Å²) in [7, 11) is 1.44. The average Bonchev–Trinajstić information content (AvgIpc) is 3.33. The van der Waals surface area contributed by atoms with E-state index in [0.29, 0.717) is 48.4 Å². The molecule has 5 rings (SSSR count). The maximum Gasteiger partial charge on any atom is 0.347 e. The van der Waals surface area contributed by atoms with Crippen molar-refractivity contribution < 1.29 is 19.1 Å². The van der Waals surface area contributed by atoms with E-state index in [1.165, 1.54) is 19.4 Å². The highest BCUT2D eigenvalue weighted by Gasteiger charge is 2.23. The molecule has 0 saturated carbocycles. The number of carbonyl (C=O) groups excluding carboxylic acids is 2. The third-order valence-electron chi connectivity index (χ3n) is 6.07. The van der Waals surface area contributed by atoms with Crippen LogP contribution in [0.4, 0.5) is 0 Å². The number of esters is 1. The Morgan fingerprint density at radius 2 is 1.68 bits per heavy atom. The molecule has 1 heterocycles. The van der Waals surface area contributed by atoms with Crippen molar-refractivity contribution in [2.24, 2.45) is 5.10 Å². The zero-order chi connectivity index (χ0) is 29.1. The molecule has 0 spiro atoms. The van der Waals surface area contributed by atoms with E-state index >= 15 is 0 Å². The smallest absolute Gasteiger partial charge is 0.347 e. The minimum Gasteiger partial charge on any atom is -0.496 e. The van der Waals surface area contributed by atoms with Crippen molar-refractivity contribution in [2.75, 3.05) is 7.11 Å². The van der Waals surface area contributed by atoms with E-state index in [9.17, 15) is 9.59 Å². The Kier molecular flexibility index (Phi) is 8.65. The Hall–Kier alpha value is -3.82. The quantitative estimate of drug-likeness (QED) is 0.0785. The van der Waals surface area contributed by atoms with Crippen LogP contribution in [0.25, 0.3) is 22.0 Å². The number of benzene rings is 4. The second-order valence-electron chi connectivity index (χ2n) is 8.64. The van der Waals surface area contributed by atoms with Gasteiger partial charge in [-0.15, -0.1) is 0 Å². The number of hydrogen-bond donors (Lipinski definition) is 2. The molecule has 0 aliphatic rings. The number of ether oxygens (including phenoxy) is 2. The molecular weight excluding hydrogens is 653 g/mol. The SMILES string of the molecule is COc1ccc(Cl)cc1C(=O)Oc1ccccc1C=NNC(=O)c1[nH]c2c(Cl)cc(Br)cc2c1-c1ccccc1Cl. The van der Waals surface area contributed by atoms with Crippen LogP contribution in [0, 0.1) is 0 Å². The van der Waals surface area contributed by atoms with Crippen LogP contribution in [0.15, 0.2) is 88.4 Å². The lowest BCUT2D eigenvalue weighted by Crippen LogP contribution is -2.19. The number of amides is 1. The normalized spacial score (nSPS) is 11.1. The Morgan fingerprint density at radius 3 is 2.46 bits per heavy atom. The molecule has 1 amide bonds. The third-order valence-corrected chi connectivity index (χ3v) is 7.39. The van der Waals surface area contributed by atoms with E-state index in [2.05, 4.69) is 31.4 Å². The van der Waals surface area contributed by atoms with Crippen LogP contribution in [0.3, 0.4) is 0 Å². The summed E-state index contributed by atoms with van der Waals surface area (Å²) in [6, 6.07) is 22.2. The Balaban J connectivity index is 1.43. The van der Waals surface area contributed by atoms with Crippen molar-refractivity contribution in [2.45, 2.75) is 0 Å². The minimum atomic E-state index is -0.667. The van der Waals surface area contributed by atoms with Crippen LogP contribution in [0.1, 0.15) is 26.4 Å². The molecule has 41 heavy (non-hydrogen) atoms. The lowest BCUT2D eigenvalue weighted by molar-refractivity contribution is 0.0730. The van der Waals surface area contributed by atoms with Crippen molar-refractivity contribution in [3.63, 3.8) is 0 Å². The van der Waals surface area contributed by atoms with Gasteiger partial charge >= 0.3 is 5.97 Å². The molecule has 0 aliphatic carbocycles. The molecule has 11 heteroatoms. The van der Waals surface area contributed by atoms with E-state index in [-0.39, 0.29) is 17.0 Å². The third kappa shape index (κ3) is 6.11. The summed E-state index contributed by atoms with van der Waals surface area (Å²) in [5, 5.41) is 6.08. The van der Waals surface area contributed by atoms with Crippen LogP contribution in [-0.2, 0) is 0 Å². The Bertz CT molecular complexity index is 1840. The molecule has 0 atom stereocenters. The number of H-pyrrole nitrogens is 1. The van der Waals surface area contributed by atoms with Gasteiger partial charge in [-0.2, -0.15) is 5.10 Å². The molecule has 0 bridgehead atoms. The number of carbonyl (C=O) groups is 2. The van der Waals surface area contributed by atoms with Gasteiger partial charge in [0.1, 0.15) is 22.8 Å². The first kappa shape index (κ1) is 28.7. The molecule has 2 N–H and O–H groups in total. The topological polar surface area (TPSA) is 92.8 Å². The number of halogens is 4. The predicted molar refractivity (Wildman–Crippen MR) is 166 cm³/mol. The number of nitrogens with one attached hydrogen (secondary N) is 2. The highest BCUT2D eigenvalue weighted by Crippen LogP contribution is 2.40. The molecular formula is C30H19BrCl3N3O4. The number of aromatic amines is 1. The summed E-state index contributed by atoms with van der Waals surface area (Å²) in [6.07, 6.45) is 1.37. The van der Waals surface area contributed by atoms with Gasteiger partial charge in [-0.1, -0.05) is 81.1 Å². The number of fused-ring (bicyclic) bond motifs is 1. The van der Waals surface area contributed by atoms with Crippen LogP contribution in [-0.4, -0.2) is 30.2 Å². The van der Waals surface area contributed by atoms with E-state index in [4.69, 9.17) is 44.3 Å². The fraction of sp³-hybridized carbons (Fsp3) is 0.0333. The van der Waals surface area contributed by atoms with Crippen LogP contribution >= 0.6 is 50.7 Å². The van der Waals surface area contributed by atoms with Gasteiger partial charge in [0, 0.05) is 36.6 Å². The number of para-hydroxylation sites is 1. The van der Waals surface area contributed by atoms with Gasteiger partial charge in [0.15, 0.2) is 0 Å². The predicted octanol–water partition coefficient (Wildman–Crippen LogP) is 8.55. The standard InChI is InChI=1S/C30H19BrCl3N3O4/c1-40-25-11-10-18(32)14-20(25)30(39)41-24-9-5-2-6-16(24)15-35-37-29(38)28-26(19-7-3-4-8-22(19)33)21-12-17(31)13-23(34)27(21)36-28/h2-15,36H,1H3,(H,37,38). The monoisotopic (exact) mass is 669 g/mol. The average molecular weight is 672 g/mol. The number of methoxy groups -OCH3 is 1. The summed E-state index contributed by atoms with van der Waals surface area (Å²) >= 11 is 22.5. The zero-order valence-corrected chi connectivity index (χ0v) is 25.0. The van der Waals surface area contributed by atoms with E-state index < -0.39 is 11.9 Å². The molecule has 7 nitrogen and oxygen atoms in total. The summed E-state index contributed by atoms with van der Waals surface area (Å²) in [5.41, 5.74) is 5.16. The van der Waals surface area contributed by atoms with Gasteiger partial charge in [-0.3, -0.25) is 4.79 Å². The molecule has 0 unspecified atom stereocenters. The van der Waals surface area contributed by atoms with Gasteiger partial charge < -0.3 is 14.5 Å². The molecule has 4 aromatic carbocycles. The van der Waals surface area contributed by atoms with E-state index in [0.717, 1.165) is 4.47 Å². The summed E-state index contributed by atoms with van der Waals surface area (Å²) in [4.78, 5) is 29.4. The van der Waals surface area contributed by atoms with Crippen molar-refractivity contribution >= 4 is 79.7 Å². The van der Waals surface area contributed by atoms with Crippen molar-refractivity contribution in [3.8, 4) is 22.6 Å². The molecule has 0 radical (unpaired) electrons. The van der Waals surface area contributed by atoms with Gasteiger partial charge in [-0.25, -0.2) is 10.2 Å². The van der Waals surface area contributed by atoms with Crippen LogP contribution in [0.2, 0.25) is 15.1 Å². The summed E-state index contributed by atoms with van der Waals surface area (Å²) < 4.78 is 11.6. The summed E-state index contributed by atoms with van der Waals surface area (Å²) in [6.45, 7) is 0. The Labute approximate surface area is 258 Å². The van der Waals surface area contributed by atoms with Crippen molar-refractivity contribution in [3.05, 3.63) is 115 Å². The maximum absolute atomic E-state index is 13.4. The first-order valence-corrected chi connectivity index (χ1v) is 13.9. The number of hydrogen-bond acceptors (Lipinski definition) is 5. The fourth-order valence-electron chi connectivity index (χ4n) is 4.23. The van der Waals surface area contributed by atoms with Gasteiger partial charge in [0.25, 0.3) is 5.91 Å². The van der Waals surface area contributed by atoms with Crippen molar-refractivity contribution in [1.29, 1.82) is 0 Å². The van der Waals surface area contributed by atoms with E-state index in [1.807, 2.05) is 18.2 Å². The van der Waals surface area contributed by atoms with E-state index in [1.54, 1.807) is 54.6 Å². The molecule has 0 fully saturated rings. The first-order chi connectivity index (χ1) is 19.8. The fourth-order valence-corrected chi connectivity index (χ4v) is 5.48. The van der Waals surface area contributed by atoms with Crippen LogP contribution < -0.4 is 14.9 Å². The second-order valence-corrected chi connectivity index (χ2v) is 10.8.